The highest BCUT2D eigenvalue weighted by Gasteiger charge is 2.30. The van der Waals surface area contributed by atoms with E-state index in [1.807, 2.05) is 51.1 Å². The molecule has 6 N–H and O–H groups in total. The molecule has 4 unspecified atom stereocenters. The van der Waals surface area contributed by atoms with Crippen LogP contribution < -0.4 is 21.6 Å². The maximum absolute atomic E-state index is 12.9. The van der Waals surface area contributed by atoms with Gasteiger partial charge in [0.2, 0.25) is 0 Å². The third kappa shape index (κ3) is 9.16. The van der Waals surface area contributed by atoms with E-state index in [1.54, 1.807) is 24.6 Å². The molecule has 9 nitrogen and oxygen atoms in total. The van der Waals surface area contributed by atoms with E-state index < -0.39 is 23.6 Å². The van der Waals surface area contributed by atoms with Crippen LogP contribution in [0.25, 0.3) is 0 Å². The van der Waals surface area contributed by atoms with Crippen LogP contribution in [0.5, 0.6) is 5.75 Å². The van der Waals surface area contributed by atoms with Gasteiger partial charge in [-0.3, -0.25) is 10.2 Å². The van der Waals surface area contributed by atoms with Crippen LogP contribution in [0.1, 0.15) is 57.6 Å². The molecule has 0 saturated carbocycles. The second kappa shape index (κ2) is 13.8. The first kappa shape index (κ1) is 29.7. The van der Waals surface area contributed by atoms with Gasteiger partial charge < -0.3 is 30.5 Å². The zero-order chi connectivity index (χ0) is 27.7. The predicted octanol–water partition coefficient (Wildman–Crippen LogP) is 3.47. The van der Waals surface area contributed by atoms with Gasteiger partial charge >= 0.3 is 0 Å². The van der Waals surface area contributed by atoms with Crippen molar-refractivity contribution in [3.63, 3.8) is 0 Å². The SMILES string of the molecule is COC1=CCC(CC(N)C(O)CN(Cc2ccc(OCc3ccoc3)cc2)NC(=O)C(N)C(C)(C)C)CC1. The van der Waals surface area contributed by atoms with Crippen LogP contribution in [0.3, 0.4) is 0 Å². The Labute approximate surface area is 226 Å². The number of carbonyl (C=O) groups is 1. The number of aliphatic hydroxyl groups is 1. The number of carbonyl (C=O) groups excluding carboxylic acids is 1. The first-order valence-electron chi connectivity index (χ1n) is 13.3. The molecule has 3 rings (SSSR count). The number of methoxy groups -OCH3 is 1. The molecule has 0 aliphatic heterocycles. The Morgan fingerprint density at radius 1 is 1.21 bits per heavy atom. The van der Waals surface area contributed by atoms with Crippen LogP contribution in [-0.4, -0.2) is 47.9 Å². The average Bonchev–Trinajstić information content (AvgIpc) is 3.41. The Morgan fingerprint density at radius 3 is 2.53 bits per heavy atom. The van der Waals surface area contributed by atoms with Crippen LogP contribution in [-0.2, 0) is 22.7 Å². The minimum absolute atomic E-state index is 0.175. The number of allylic oxidation sites excluding steroid dienone is 2. The van der Waals surface area contributed by atoms with Gasteiger partial charge in [0.1, 0.15) is 12.4 Å². The van der Waals surface area contributed by atoms with E-state index in [2.05, 4.69) is 11.5 Å². The Kier molecular flexibility index (Phi) is 10.8. The smallest absolute Gasteiger partial charge is 0.251 e. The number of amides is 1. The van der Waals surface area contributed by atoms with Gasteiger partial charge in [0.25, 0.3) is 5.91 Å². The molecule has 1 aromatic heterocycles. The van der Waals surface area contributed by atoms with Crippen molar-refractivity contribution in [2.45, 2.75) is 77.8 Å². The maximum Gasteiger partial charge on any atom is 0.251 e. The Morgan fingerprint density at radius 2 is 1.95 bits per heavy atom. The highest BCUT2D eigenvalue weighted by atomic mass is 16.5. The third-order valence-corrected chi connectivity index (χ3v) is 7.01. The van der Waals surface area contributed by atoms with Crippen molar-refractivity contribution in [1.29, 1.82) is 0 Å². The molecule has 9 heteroatoms. The zero-order valence-corrected chi connectivity index (χ0v) is 23.1. The molecule has 0 fully saturated rings. The summed E-state index contributed by atoms with van der Waals surface area (Å²) in [4.78, 5) is 12.9. The van der Waals surface area contributed by atoms with Crippen LogP contribution >= 0.6 is 0 Å². The van der Waals surface area contributed by atoms with Crippen LogP contribution in [0.2, 0.25) is 0 Å². The number of hydrazine groups is 1. The summed E-state index contributed by atoms with van der Waals surface area (Å²) in [6.45, 7) is 6.72. The Balaban J connectivity index is 1.62. The van der Waals surface area contributed by atoms with Gasteiger partial charge in [-0.15, -0.1) is 0 Å². The molecule has 0 bridgehead atoms. The number of nitrogens with zero attached hydrogens (tertiary/aromatic N) is 1. The first-order chi connectivity index (χ1) is 18.0. The number of furan rings is 1. The molecular formula is C29H44N4O5. The maximum atomic E-state index is 12.9. The predicted molar refractivity (Wildman–Crippen MR) is 146 cm³/mol. The van der Waals surface area contributed by atoms with Crippen molar-refractivity contribution < 1.29 is 23.8 Å². The lowest BCUT2D eigenvalue weighted by molar-refractivity contribution is -0.130. The van der Waals surface area contributed by atoms with E-state index in [9.17, 15) is 9.90 Å². The quantitative estimate of drug-likeness (QED) is 0.290. The number of aliphatic hydroxyl groups excluding tert-OH is 1. The summed E-state index contributed by atoms with van der Waals surface area (Å²) < 4.78 is 16.2. The molecule has 1 aliphatic carbocycles. The number of nitrogens with two attached hydrogens (primary N) is 2. The minimum atomic E-state index is -0.827. The summed E-state index contributed by atoms with van der Waals surface area (Å²) in [5.41, 5.74) is 17.0. The number of hydrogen-bond donors (Lipinski definition) is 4. The molecule has 0 radical (unpaired) electrons. The largest absolute Gasteiger partial charge is 0.501 e. The van der Waals surface area contributed by atoms with Crippen LogP contribution in [0.15, 0.2) is 59.1 Å². The monoisotopic (exact) mass is 528 g/mol. The average molecular weight is 529 g/mol. The number of nitrogens with one attached hydrogen (secondary N) is 1. The van der Waals surface area contributed by atoms with Gasteiger partial charge in [-0.25, -0.2) is 5.01 Å². The van der Waals surface area contributed by atoms with Crippen LogP contribution in [0.4, 0.5) is 0 Å². The Hall–Kier alpha value is -2.85. The van der Waals surface area contributed by atoms with Crippen molar-refractivity contribution in [2.24, 2.45) is 22.8 Å². The summed E-state index contributed by atoms with van der Waals surface area (Å²) in [6.07, 6.45) is 7.99. The highest BCUT2D eigenvalue weighted by Crippen LogP contribution is 2.27. The fourth-order valence-electron chi connectivity index (χ4n) is 4.39. The van der Waals surface area contributed by atoms with E-state index in [0.717, 1.165) is 41.9 Å². The number of hydrogen-bond acceptors (Lipinski definition) is 8. The summed E-state index contributed by atoms with van der Waals surface area (Å²) in [5.74, 6) is 1.83. The minimum Gasteiger partial charge on any atom is -0.501 e. The van der Waals surface area contributed by atoms with E-state index in [4.69, 9.17) is 25.4 Å². The molecule has 1 aliphatic rings. The topological polar surface area (TPSA) is 136 Å². The molecule has 210 valence electrons. The lowest BCUT2D eigenvalue weighted by atomic mass is 9.86. The number of benzene rings is 1. The second-order valence-electron chi connectivity index (χ2n) is 11.2. The van der Waals surface area contributed by atoms with E-state index in [1.165, 1.54) is 0 Å². The van der Waals surface area contributed by atoms with Crippen molar-refractivity contribution in [3.05, 3.63) is 65.8 Å². The van der Waals surface area contributed by atoms with E-state index in [0.29, 0.717) is 25.5 Å². The van der Waals surface area contributed by atoms with Crippen molar-refractivity contribution in [3.8, 4) is 5.75 Å². The van der Waals surface area contributed by atoms with Gasteiger partial charge in [0.05, 0.1) is 37.5 Å². The fourth-order valence-corrected chi connectivity index (χ4v) is 4.39. The van der Waals surface area contributed by atoms with Crippen molar-refractivity contribution in [1.82, 2.24) is 10.4 Å². The normalized spacial score (nSPS) is 18.4. The second-order valence-corrected chi connectivity index (χ2v) is 11.2. The van der Waals surface area contributed by atoms with Crippen LogP contribution in [0, 0.1) is 11.3 Å². The standard InChI is InChI=1S/C29H44N4O5/c1-29(2,3)27(31)28(35)32-33(17-26(34)25(30)15-20-5-9-23(36-4)10-6-20)16-21-7-11-24(12-8-21)38-19-22-13-14-37-18-22/h7-9,11-14,18,20,25-27,34H,5-6,10,15-17,19,30-31H2,1-4H3,(H,32,35). The highest BCUT2D eigenvalue weighted by molar-refractivity contribution is 5.81. The lowest BCUT2D eigenvalue weighted by Crippen LogP contribution is -2.56. The number of ether oxygens (including phenoxy) is 2. The zero-order valence-electron chi connectivity index (χ0n) is 23.1. The molecule has 4 atom stereocenters. The molecular weight excluding hydrogens is 484 g/mol. The van der Waals surface area contributed by atoms with E-state index >= 15 is 0 Å². The van der Waals surface area contributed by atoms with Crippen molar-refractivity contribution in [2.75, 3.05) is 13.7 Å². The summed E-state index contributed by atoms with van der Waals surface area (Å²) in [5, 5.41) is 12.7. The van der Waals surface area contributed by atoms with Gasteiger partial charge in [-0.1, -0.05) is 32.9 Å². The molecule has 38 heavy (non-hydrogen) atoms. The van der Waals surface area contributed by atoms with Gasteiger partial charge in [-0.2, -0.15) is 0 Å². The summed E-state index contributed by atoms with van der Waals surface area (Å²) in [6, 6.07) is 8.34. The lowest BCUT2D eigenvalue weighted by Gasteiger charge is -2.33. The summed E-state index contributed by atoms with van der Waals surface area (Å²) in [7, 11) is 1.69. The molecule has 1 aromatic carbocycles. The number of rotatable bonds is 13. The van der Waals surface area contributed by atoms with Gasteiger partial charge in [-0.05, 0) is 60.4 Å². The third-order valence-electron chi connectivity index (χ3n) is 7.01. The van der Waals surface area contributed by atoms with E-state index in [-0.39, 0.29) is 12.5 Å². The Bertz CT molecular complexity index is 1020. The van der Waals surface area contributed by atoms with Gasteiger partial charge in [0.15, 0.2) is 0 Å². The molecule has 2 aromatic rings. The summed E-state index contributed by atoms with van der Waals surface area (Å²) >= 11 is 0. The molecule has 1 heterocycles. The first-order valence-corrected chi connectivity index (χ1v) is 13.3. The molecule has 0 spiro atoms. The molecule has 0 saturated heterocycles. The van der Waals surface area contributed by atoms with Crippen molar-refractivity contribution >= 4 is 5.91 Å². The molecule has 1 amide bonds. The van der Waals surface area contributed by atoms with Gasteiger partial charge in [0, 0.05) is 31.1 Å². The fraction of sp³-hybridized carbons (Fsp3) is 0.552.